The molecule has 0 amide bonds. The average molecular weight is 472 g/mol. The number of nitrogens with zero attached hydrogens (tertiary/aromatic N) is 1. The molecule has 0 aliphatic heterocycles. The summed E-state index contributed by atoms with van der Waals surface area (Å²) in [6, 6.07) is 4.05. The normalized spacial score (nSPS) is 12.9. The third-order valence-corrected chi connectivity index (χ3v) is 5.69. The third-order valence-electron chi connectivity index (χ3n) is 4.04. The number of alkyl halides is 3. The van der Waals surface area contributed by atoms with Crippen molar-refractivity contribution in [1.82, 2.24) is 4.72 Å². The summed E-state index contributed by atoms with van der Waals surface area (Å²) in [4.78, 5) is 10.0. The standard InChI is InChI=1S/C17H17F4N3O4S.ClH/c1-2-23-29(27,28)16-6-4-12(24(25)26)7-11(16)9-15(22)10-3-5-14(18)13(8-10)17(19,20)21;/h3-8,15,23H,2,9,22H2,1H3;1H/t15-;/m0./s1. The molecule has 0 aliphatic carbocycles. The van der Waals surface area contributed by atoms with Crippen LogP contribution in [0.5, 0.6) is 0 Å². The largest absolute Gasteiger partial charge is 0.419 e. The van der Waals surface area contributed by atoms with Crippen LogP contribution in [0.3, 0.4) is 0 Å². The number of rotatable bonds is 7. The fourth-order valence-electron chi connectivity index (χ4n) is 2.71. The van der Waals surface area contributed by atoms with Gasteiger partial charge in [0.1, 0.15) is 5.82 Å². The Kier molecular flexibility index (Phi) is 8.32. The van der Waals surface area contributed by atoms with Crippen LogP contribution in [-0.4, -0.2) is 19.9 Å². The molecule has 1 atom stereocenters. The number of sulfonamides is 1. The van der Waals surface area contributed by atoms with E-state index in [2.05, 4.69) is 4.72 Å². The molecule has 0 fully saturated rings. The lowest BCUT2D eigenvalue weighted by molar-refractivity contribution is -0.385. The van der Waals surface area contributed by atoms with Crippen molar-refractivity contribution in [3.8, 4) is 0 Å². The summed E-state index contributed by atoms with van der Waals surface area (Å²) in [6.45, 7) is 1.59. The first-order chi connectivity index (χ1) is 13.4. The molecule has 166 valence electrons. The molecule has 0 unspecified atom stereocenters. The molecule has 30 heavy (non-hydrogen) atoms. The Hall–Kier alpha value is -2.28. The molecule has 0 bridgehead atoms. The Morgan fingerprint density at radius 2 is 1.83 bits per heavy atom. The fraction of sp³-hybridized carbons (Fsp3) is 0.294. The van der Waals surface area contributed by atoms with Crippen LogP contribution in [0.15, 0.2) is 41.3 Å². The lowest BCUT2D eigenvalue weighted by Crippen LogP contribution is -2.25. The lowest BCUT2D eigenvalue weighted by atomic mass is 9.97. The minimum absolute atomic E-state index is 0. The van der Waals surface area contributed by atoms with Gasteiger partial charge >= 0.3 is 6.18 Å². The Balaban J connectivity index is 0.00000450. The van der Waals surface area contributed by atoms with Crippen molar-refractivity contribution in [2.45, 2.75) is 30.5 Å². The molecule has 2 aromatic rings. The molecule has 0 radical (unpaired) electrons. The number of benzene rings is 2. The number of nitro benzene ring substituents is 1. The van der Waals surface area contributed by atoms with Crippen LogP contribution in [0.4, 0.5) is 23.2 Å². The van der Waals surface area contributed by atoms with E-state index >= 15 is 0 Å². The highest BCUT2D eigenvalue weighted by Gasteiger charge is 2.34. The monoisotopic (exact) mass is 471 g/mol. The molecule has 0 spiro atoms. The second-order valence-corrected chi connectivity index (χ2v) is 7.83. The molecule has 7 nitrogen and oxygen atoms in total. The van der Waals surface area contributed by atoms with Crippen molar-refractivity contribution < 1.29 is 30.9 Å². The SMILES string of the molecule is CCNS(=O)(=O)c1ccc([N+](=O)[O-])cc1C[C@H](N)c1ccc(F)c(C(F)(F)F)c1.Cl. The second kappa shape index (κ2) is 9.69. The Bertz CT molecular complexity index is 1030. The number of hydrogen-bond donors (Lipinski definition) is 2. The number of nitrogens with one attached hydrogen (secondary N) is 1. The van der Waals surface area contributed by atoms with E-state index < -0.39 is 44.2 Å². The predicted octanol–water partition coefficient (Wildman–Crippen LogP) is 3.72. The molecule has 0 heterocycles. The van der Waals surface area contributed by atoms with Gasteiger partial charge in [0, 0.05) is 24.7 Å². The van der Waals surface area contributed by atoms with Gasteiger partial charge in [-0.05, 0) is 35.7 Å². The van der Waals surface area contributed by atoms with Gasteiger partial charge in [-0.25, -0.2) is 17.5 Å². The minimum Gasteiger partial charge on any atom is -0.324 e. The minimum atomic E-state index is -4.94. The van der Waals surface area contributed by atoms with E-state index in [1.165, 1.54) is 6.92 Å². The maximum absolute atomic E-state index is 13.5. The topological polar surface area (TPSA) is 115 Å². The molecule has 3 N–H and O–H groups in total. The van der Waals surface area contributed by atoms with Crippen molar-refractivity contribution in [2.75, 3.05) is 6.54 Å². The van der Waals surface area contributed by atoms with Crippen LogP contribution >= 0.6 is 12.4 Å². The highest BCUT2D eigenvalue weighted by Crippen LogP contribution is 2.34. The zero-order chi connectivity index (χ0) is 22.0. The summed E-state index contributed by atoms with van der Waals surface area (Å²) < 4.78 is 79.2. The molecular formula is C17H18ClF4N3O4S. The third kappa shape index (κ3) is 5.88. The van der Waals surface area contributed by atoms with Crippen LogP contribution in [0.25, 0.3) is 0 Å². The summed E-state index contributed by atoms with van der Waals surface area (Å²) >= 11 is 0. The van der Waals surface area contributed by atoms with Crippen molar-refractivity contribution in [3.05, 3.63) is 69.0 Å². The molecule has 0 saturated heterocycles. The van der Waals surface area contributed by atoms with E-state index in [-0.39, 0.29) is 41.4 Å². The number of nitro groups is 1. The van der Waals surface area contributed by atoms with Gasteiger partial charge in [-0.15, -0.1) is 12.4 Å². The van der Waals surface area contributed by atoms with Crippen molar-refractivity contribution in [3.63, 3.8) is 0 Å². The summed E-state index contributed by atoms with van der Waals surface area (Å²) in [6.07, 6.45) is -5.27. The molecule has 0 saturated carbocycles. The van der Waals surface area contributed by atoms with Gasteiger partial charge in [-0.3, -0.25) is 10.1 Å². The number of non-ortho nitro benzene ring substituents is 1. The highest BCUT2D eigenvalue weighted by molar-refractivity contribution is 7.89. The zero-order valence-electron chi connectivity index (χ0n) is 15.4. The van der Waals surface area contributed by atoms with Gasteiger partial charge in [-0.1, -0.05) is 13.0 Å². The van der Waals surface area contributed by atoms with Crippen molar-refractivity contribution in [2.24, 2.45) is 5.73 Å². The summed E-state index contributed by atoms with van der Waals surface area (Å²) in [5.41, 5.74) is 3.86. The van der Waals surface area contributed by atoms with Gasteiger partial charge in [-0.2, -0.15) is 13.2 Å². The zero-order valence-corrected chi connectivity index (χ0v) is 17.1. The Labute approximate surface area is 175 Å². The van der Waals surface area contributed by atoms with Crippen molar-refractivity contribution >= 4 is 28.1 Å². The summed E-state index contributed by atoms with van der Waals surface area (Å²) in [7, 11) is -4.02. The molecule has 2 rings (SSSR count). The van der Waals surface area contributed by atoms with Gasteiger partial charge in [0.15, 0.2) is 0 Å². The van der Waals surface area contributed by atoms with E-state index in [1.807, 2.05) is 0 Å². The number of hydrogen-bond acceptors (Lipinski definition) is 5. The van der Waals surface area contributed by atoms with Gasteiger partial charge in [0.05, 0.1) is 15.4 Å². The average Bonchev–Trinajstić information content (AvgIpc) is 2.60. The van der Waals surface area contributed by atoms with Crippen LogP contribution in [0, 0.1) is 15.9 Å². The summed E-state index contributed by atoms with van der Waals surface area (Å²) in [5, 5.41) is 11.0. The Morgan fingerprint density at radius 1 is 1.20 bits per heavy atom. The lowest BCUT2D eigenvalue weighted by Gasteiger charge is -2.17. The quantitative estimate of drug-likeness (QED) is 0.363. The smallest absolute Gasteiger partial charge is 0.324 e. The molecule has 2 aromatic carbocycles. The molecule has 0 aromatic heterocycles. The van der Waals surface area contributed by atoms with Gasteiger partial charge in [0.2, 0.25) is 10.0 Å². The van der Waals surface area contributed by atoms with E-state index in [1.54, 1.807) is 0 Å². The van der Waals surface area contributed by atoms with Gasteiger partial charge < -0.3 is 5.73 Å². The fourth-order valence-corrected chi connectivity index (χ4v) is 3.98. The van der Waals surface area contributed by atoms with Crippen molar-refractivity contribution in [1.29, 1.82) is 0 Å². The second-order valence-electron chi connectivity index (χ2n) is 6.10. The summed E-state index contributed by atoms with van der Waals surface area (Å²) in [5.74, 6) is -1.47. The Morgan fingerprint density at radius 3 is 2.37 bits per heavy atom. The van der Waals surface area contributed by atoms with Crippen LogP contribution in [0.1, 0.15) is 29.7 Å². The first kappa shape index (κ1) is 25.8. The van der Waals surface area contributed by atoms with E-state index in [4.69, 9.17) is 5.73 Å². The van der Waals surface area contributed by atoms with E-state index in [0.29, 0.717) is 12.1 Å². The first-order valence-corrected chi connectivity index (χ1v) is 9.74. The number of nitrogens with two attached hydrogens (primary N) is 1. The van der Waals surface area contributed by atoms with E-state index in [9.17, 15) is 36.1 Å². The van der Waals surface area contributed by atoms with E-state index in [0.717, 1.165) is 24.3 Å². The van der Waals surface area contributed by atoms with Crippen LogP contribution < -0.4 is 10.5 Å². The van der Waals surface area contributed by atoms with Gasteiger partial charge in [0.25, 0.3) is 5.69 Å². The first-order valence-electron chi connectivity index (χ1n) is 8.26. The van der Waals surface area contributed by atoms with Crippen LogP contribution in [-0.2, 0) is 22.6 Å². The van der Waals surface area contributed by atoms with Crippen LogP contribution in [0.2, 0.25) is 0 Å². The maximum atomic E-state index is 13.5. The highest BCUT2D eigenvalue weighted by atomic mass is 35.5. The molecular weight excluding hydrogens is 454 g/mol. The molecule has 13 heteroatoms. The maximum Gasteiger partial charge on any atom is 0.419 e. The number of halogens is 5. The molecule has 0 aliphatic rings. The predicted molar refractivity (Wildman–Crippen MR) is 103 cm³/mol.